The summed E-state index contributed by atoms with van der Waals surface area (Å²) >= 11 is 2.82. The third-order valence-corrected chi connectivity index (χ3v) is 13.0. The number of Topliss-reactive ketones (excluding diaryl/α,β-unsaturated/α-hetero) is 1. The molecule has 3 aliphatic rings. The summed E-state index contributed by atoms with van der Waals surface area (Å²) in [6, 6.07) is 0. The molecule has 8 atom stereocenters. The first-order valence-electron chi connectivity index (χ1n) is 16.4. The number of aromatic nitrogens is 1. The third-order valence-electron chi connectivity index (χ3n) is 11.3. The van der Waals surface area contributed by atoms with E-state index < -0.39 is 23.0 Å². The monoisotopic (exact) mass is 647 g/mol. The normalized spacial score (nSPS) is 35.1. The predicted molar refractivity (Wildman–Crippen MR) is 179 cm³/mol. The number of thioether (sulfide) groups is 1. The number of carbonyl (C=O) groups excluding carboxylic acids is 3. The highest BCUT2D eigenvalue weighted by Crippen LogP contribution is 2.68. The number of ketones is 1. The zero-order valence-corrected chi connectivity index (χ0v) is 29.2. The smallest absolute Gasteiger partial charge is 0.316 e. The summed E-state index contributed by atoms with van der Waals surface area (Å²) in [4.78, 5) is 46.2. The highest BCUT2D eigenvalue weighted by Gasteiger charge is 2.68. The second-order valence-corrected chi connectivity index (χ2v) is 15.9. The van der Waals surface area contributed by atoms with Crippen LogP contribution in [0.3, 0.4) is 0 Å². The van der Waals surface area contributed by atoms with Gasteiger partial charge in [-0.2, -0.15) is 0 Å². The van der Waals surface area contributed by atoms with Gasteiger partial charge in [0.05, 0.1) is 24.1 Å². The predicted octanol–water partition coefficient (Wildman–Crippen LogP) is 6.34. The number of rotatable bonds is 13. The van der Waals surface area contributed by atoms with Crippen LogP contribution in [0, 0.1) is 34.0 Å². The van der Waals surface area contributed by atoms with Crippen molar-refractivity contribution in [2.24, 2.45) is 34.0 Å². The number of aliphatic hydroxyl groups excluding tert-OH is 1. The van der Waals surface area contributed by atoms with Crippen LogP contribution in [0.5, 0.6) is 0 Å². The van der Waals surface area contributed by atoms with Crippen LogP contribution in [0.15, 0.2) is 18.0 Å². The summed E-state index contributed by atoms with van der Waals surface area (Å²) in [5.41, 5.74) is -0.649. The van der Waals surface area contributed by atoms with E-state index in [-0.39, 0.29) is 46.6 Å². The van der Waals surface area contributed by atoms with E-state index in [1.54, 1.807) is 0 Å². The number of hydrogen-bond acceptors (Lipinski definition) is 9. The van der Waals surface area contributed by atoms with Crippen molar-refractivity contribution in [1.82, 2.24) is 9.88 Å². The largest absolute Gasteiger partial charge is 0.461 e. The van der Waals surface area contributed by atoms with Crippen LogP contribution in [0.25, 0.3) is 0 Å². The number of thiazole rings is 1. The van der Waals surface area contributed by atoms with Crippen molar-refractivity contribution < 1.29 is 24.2 Å². The van der Waals surface area contributed by atoms with Gasteiger partial charge in [-0.1, -0.05) is 47.6 Å². The Balaban J connectivity index is 1.41. The van der Waals surface area contributed by atoms with Crippen molar-refractivity contribution in [3.8, 4) is 0 Å². The van der Waals surface area contributed by atoms with Gasteiger partial charge >= 0.3 is 5.97 Å². The average molecular weight is 648 g/mol. The van der Waals surface area contributed by atoms with Gasteiger partial charge in [-0.05, 0) is 68.9 Å². The quantitative estimate of drug-likeness (QED) is 0.189. The number of esters is 1. The van der Waals surface area contributed by atoms with Crippen molar-refractivity contribution in [1.29, 1.82) is 0 Å². The lowest BCUT2D eigenvalue weighted by atomic mass is 9.44. The minimum atomic E-state index is -0.678. The van der Waals surface area contributed by atoms with Crippen molar-refractivity contribution >= 4 is 45.9 Å². The molecule has 8 nitrogen and oxygen atoms in total. The Labute approximate surface area is 272 Å². The van der Waals surface area contributed by atoms with Crippen LogP contribution in [-0.2, 0) is 24.9 Å². The first kappa shape index (κ1) is 35.1. The molecule has 0 spiro atoms. The number of anilines is 1. The molecule has 1 amide bonds. The molecule has 1 aromatic heterocycles. The maximum absolute atomic E-state index is 13.6. The molecule has 3 aliphatic carbocycles. The second-order valence-electron chi connectivity index (χ2n) is 14.0. The van der Waals surface area contributed by atoms with Crippen molar-refractivity contribution in [2.75, 3.05) is 30.7 Å². The molecule has 0 radical (unpaired) electrons. The Kier molecular flexibility index (Phi) is 11.4. The zero-order valence-electron chi connectivity index (χ0n) is 27.5. The van der Waals surface area contributed by atoms with Crippen LogP contribution < -0.4 is 5.32 Å². The molecule has 246 valence electrons. The Morgan fingerprint density at radius 3 is 2.61 bits per heavy atom. The molecular formula is C34H53N3O5S2. The van der Waals surface area contributed by atoms with E-state index in [1.165, 1.54) is 23.1 Å². The van der Waals surface area contributed by atoms with E-state index in [1.807, 2.05) is 18.4 Å². The number of ether oxygens (including phenoxy) is 1. The third kappa shape index (κ3) is 6.83. The summed E-state index contributed by atoms with van der Waals surface area (Å²) < 4.78 is 6.34. The van der Waals surface area contributed by atoms with Crippen LogP contribution in [0.2, 0.25) is 0 Å². The Hall–Kier alpha value is -1.75. The van der Waals surface area contributed by atoms with E-state index in [0.29, 0.717) is 30.3 Å². The maximum Gasteiger partial charge on any atom is 0.316 e. The molecule has 10 heteroatoms. The Morgan fingerprint density at radius 1 is 1.25 bits per heavy atom. The first-order chi connectivity index (χ1) is 20.8. The number of hydrogen-bond donors (Lipinski definition) is 2. The number of aliphatic hydroxyl groups is 1. The lowest BCUT2D eigenvalue weighted by molar-refractivity contribution is -0.205. The molecule has 0 saturated heterocycles. The molecular weight excluding hydrogens is 595 g/mol. The molecule has 3 fully saturated rings. The number of carbonyl (C=O) groups is 3. The lowest BCUT2D eigenvalue weighted by Gasteiger charge is -2.61. The molecule has 0 unspecified atom stereocenters. The highest BCUT2D eigenvalue weighted by atomic mass is 32.2. The number of amides is 1. The first-order valence-corrected chi connectivity index (χ1v) is 18.5. The molecule has 0 aromatic carbocycles. The lowest BCUT2D eigenvalue weighted by Crippen LogP contribution is -2.63. The molecule has 1 aromatic rings. The number of nitrogens with one attached hydrogen (secondary N) is 1. The Morgan fingerprint density at radius 2 is 1.95 bits per heavy atom. The minimum absolute atomic E-state index is 0.0552. The molecule has 2 N–H and O–H groups in total. The highest BCUT2D eigenvalue weighted by molar-refractivity contribution is 7.99. The van der Waals surface area contributed by atoms with Crippen LogP contribution in [-0.4, -0.2) is 70.2 Å². The summed E-state index contributed by atoms with van der Waals surface area (Å²) in [5.74, 6) is 0.446. The molecule has 4 rings (SSSR count). The van der Waals surface area contributed by atoms with Gasteiger partial charge in [0.15, 0.2) is 5.13 Å². The van der Waals surface area contributed by atoms with Gasteiger partial charge in [0, 0.05) is 34.3 Å². The van der Waals surface area contributed by atoms with E-state index in [9.17, 15) is 19.5 Å². The van der Waals surface area contributed by atoms with Crippen molar-refractivity contribution in [3.05, 3.63) is 23.7 Å². The van der Waals surface area contributed by atoms with Gasteiger partial charge in [0.25, 0.3) is 0 Å². The second kappa shape index (κ2) is 14.3. The summed E-state index contributed by atoms with van der Waals surface area (Å²) in [6.07, 6.45) is 6.24. The Bertz CT molecular complexity index is 1200. The average Bonchev–Trinajstić information content (AvgIpc) is 3.58. The van der Waals surface area contributed by atoms with Gasteiger partial charge in [-0.15, -0.1) is 29.7 Å². The van der Waals surface area contributed by atoms with Gasteiger partial charge in [0.2, 0.25) is 5.91 Å². The molecule has 1 heterocycles. The number of nitrogens with zero attached hydrogens (tertiary/aromatic N) is 2. The van der Waals surface area contributed by atoms with Crippen LogP contribution in [0.4, 0.5) is 5.13 Å². The van der Waals surface area contributed by atoms with Crippen molar-refractivity contribution in [3.63, 3.8) is 0 Å². The summed E-state index contributed by atoms with van der Waals surface area (Å²) in [6.45, 7) is 18.9. The molecule has 44 heavy (non-hydrogen) atoms. The van der Waals surface area contributed by atoms with E-state index in [0.717, 1.165) is 50.9 Å². The van der Waals surface area contributed by atoms with Crippen LogP contribution >= 0.6 is 23.1 Å². The van der Waals surface area contributed by atoms with Gasteiger partial charge in [-0.3, -0.25) is 19.3 Å². The molecule has 3 saturated carbocycles. The van der Waals surface area contributed by atoms with E-state index >= 15 is 0 Å². The summed E-state index contributed by atoms with van der Waals surface area (Å²) in [7, 11) is 0. The fourth-order valence-electron chi connectivity index (χ4n) is 8.63. The van der Waals surface area contributed by atoms with Crippen LogP contribution in [0.1, 0.15) is 92.2 Å². The van der Waals surface area contributed by atoms with Gasteiger partial charge < -0.3 is 15.2 Å². The SMILES string of the molecule is C=C[C@]1(C)C[C@@H](OC(=O)CSCc2csc(NC(=O)CN(CCC)CCC)n2)[C@]2(C)[C@H](C)CC[C@]3(CCC(=O)[C@@H]32)[C@@H](C)[C@@H]1O. The minimum Gasteiger partial charge on any atom is -0.461 e. The van der Waals surface area contributed by atoms with Gasteiger partial charge in [-0.25, -0.2) is 4.98 Å². The zero-order chi connectivity index (χ0) is 32.3. The van der Waals surface area contributed by atoms with Crippen molar-refractivity contribution in [2.45, 2.75) is 104 Å². The summed E-state index contributed by atoms with van der Waals surface area (Å²) in [5, 5.41) is 17.1. The maximum atomic E-state index is 13.6. The van der Waals surface area contributed by atoms with E-state index in [2.05, 4.69) is 56.4 Å². The molecule has 0 aliphatic heterocycles. The van der Waals surface area contributed by atoms with Gasteiger partial charge in [0.1, 0.15) is 11.9 Å². The fourth-order valence-corrected chi connectivity index (χ4v) is 10.2. The topological polar surface area (TPSA) is 109 Å². The molecule has 2 bridgehead atoms. The fraction of sp³-hybridized carbons (Fsp3) is 0.765. The van der Waals surface area contributed by atoms with E-state index in [4.69, 9.17) is 4.74 Å². The standard InChI is InChI=1S/C34H53N3O5S2/c1-8-15-37(16-9-2)18-27(39)36-31-35-24(20-44-31)19-43-21-28(40)42-26-17-32(6,10-3)30(41)23(5)34-13-11-22(4)33(26,7)29(34)25(38)12-14-34/h10,20,22-23,26,29-30,41H,3,8-9,11-19,21H2,1-2,4-7H3,(H,35,36,39)/t22-,23+,26-,29-,30+,32-,33+,34+/m1/s1.